The minimum absolute atomic E-state index is 0.243. The molecule has 17 atom stereocenters. The molecular formula is C86H153NO18. The number of ether oxygens (including phenoxy) is 6. The number of carbonyl (C=O) groups excluding carboxylic acids is 1. The highest BCUT2D eigenvalue weighted by Crippen LogP contribution is 2.33. The Hall–Kier alpha value is -3.03. The fourth-order valence-corrected chi connectivity index (χ4v) is 14.0. The Morgan fingerprint density at radius 2 is 0.657 bits per heavy atom. The summed E-state index contributed by atoms with van der Waals surface area (Å²) in [6, 6.07) is -0.977. The second kappa shape index (κ2) is 65.7. The van der Waals surface area contributed by atoms with Crippen molar-refractivity contribution >= 4 is 5.91 Å². The van der Waals surface area contributed by atoms with Gasteiger partial charge in [-0.25, -0.2) is 0 Å². The van der Waals surface area contributed by atoms with Crippen molar-refractivity contribution in [3.05, 3.63) is 85.1 Å². The molecule has 3 aliphatic heterocycles. The van der Waals surface area contributed by atoms with E-state index in [9.17, 15) is 61.0 Å². The lowest BCUT2D eigenvalue weighted by molar-refractivity contribution is -0.379. The van der Waals surface area contributed by atoms with Crippen LogP contribution in [-0.2, 0) is 33.2 Å². The van der Waals surface area contributed by atoms with Crippen molar-refractivity contribution < 1.29 is 89.4 Å². The molecule has 3 aliphatic rings. The number of aliphatic hydroxyl groups excluding tert-OH is 11. The predicted molar refractivity (Wildman–Crippen MR) is 420 cm³/mol. The van der Waals surface area contributed by atoms with Crippen LogP contribution < -0.4 is 5.32 Å². The van der Waals surface area contributed by atoms with Crippen molar-refractivity contribution in [2.24, 2.45) is 0 Å². The van der Waals surface area contributed by atoms with E-state index < -0.39 is 124 Å². The quantitative estimate of drug-likeness (QED) is 0.0199. The Bertz CT molecular complexity index is 2230. The van der Waals surface area contributed by atoms with E-state index in [1.807, 2.05) is 6.08 Å². The second-order valence-corrected chi connectivity index (χ2v) is 29.9. The van der Waals surface area contributed by atoms with Crippen LogP contribution in [0.3, 0.4) is 0 Å². The normalized spacial score (nSPS) is 26.2. The van der Waals surface area contributed by atoms with E-state index >= 15 is 0 Å². The first-order valence-electron chi connectivity index (χ1n) is 42.3. The van der Waals surface area contributed by atoms with E-state index in [0.717, 1.165) is 83.5 Å². The SMILES string of the molecule is CC/C=C\C/C=C\C/C=C\C/C=C\C/C=C\C/C=C\CCCCCCCCCCCCCCCCCCCCC(=O)NC(COC1OC(CO)C(OC2OC(CO)C(OC3OC(CO)C(O)C(O)C3O)C(O)C2O)C(O)C1O)C(O)/C=C/CCCCCCCCCCCCCCCCCCCCCCC. The van der Waals surface area contributed by atoms with Gasteiger partial charge < -0.3 is 89.9 Å². The highest BCUT2D eigenvalue weighted by molar-refractivity contribution is 5.76. The molecule has 3 heterocycles. The van der Waals surface area contributed by atoms with Gasteiger partial charge in [0.25, 0.3) is 0 Å². The summed E-state index contributed by atoms with van der Waals surface area (Å²) in [4.78, 5) is 13.5. The number of nitrogens with one attached hydrogen (secondary N) is 1. The summed E-state index contributed by atoms with van der Waals surface area (Å²) in [5, 5.41) is 121. The number of hydrogen-bond donors (Lipinski definition) is 12. The Morgan fingerprint density at radius 3 is 1.03 bits per heavy atom. The molecule has 1 amide bonds. The molecule has 0 aliphatic carbocycles. The molecule has 105 heavy (non-hydrogen) atoms. The fraction of sp³-hybridized carbons (Fsp3) is 0.826. The van der Waals surface area contributed by atoms with Crippen LogP contribution in [0.2, 0.25) is 0 Å². The Balaban J connectivity index is 1.33. The van der Waals surface area contributed by atoms with E-state index in [1.54, 1.807) is 6.08 Å². The van der Waals surface area contributed by atoms with Gasteiger partial charge in [-0.15, -0.1) is 0 Å². The summed E-state index contributed by atoms with van der Waals surface area (Å²) < 4.78 is 34.5. The molecule has 0 radical (unpaired) electrons. The number of aliphatic hydroxyl groups is 11. The van der Waals surface area contributed by atoms with Crippen LogP contribution in [0.5, 0.6) is 0 Å². The maximum Gasteiger partial charge on any atom is 0.220 e. The van der Waals surface area contributed by atoms with Crippen LogP contribution in [0.15, 0.2) is 85.1 Å². The number of carbonyl (C=O) groups is 1. The van der Waals surface area contributed by atoms with Gasteiger partial charge in [0, 0.05) is 6.42 Å². The van der Waals surface area contributed by atoms with Gasteiger partial charge in [-0.1, -0.05) is 330 Å². The topological polar surface area (TPSA) is 307 Å². The van der Waals surface area contributed by atoms with Gasteiger partial charge in [0.2, 0.25) is 5.91 Å². The molecule has 19 nitrogen and oxygen atoms in total. The summed E-state index contributed by atoms with van der Waals surface area (Å²) in [5.41, 5.74) is 0. The standard InChI is InChI=1S/C86H153NO18/c1-3-5-7-9-11-13-15-17-19-21-23-25-27-28-29-30-31-32-33-34-35-36-37-38-39-40-42-44-46-48-50-52-54-56-58-60-62-64-74(92)87-69(70(91)63-61-59-57-55-53-51-49-47-45-43-41-26-24-22-20-18-16-14-12-10-8-6-4-2)68-100-84-80(98)77(95)82(72(66-89)102-84)105-86-81(99)78(96)83(73(67-90)103-86)104-85-79(97)76(94)75(93)71(65-88)101-85/h5,7,11,13,17,19,23,25,28-29,31-32,61,63,69-73,75-86,88-91,93-99H,3-4,6,8-10,12,14-16,18,20-22,24,26-27,30,33-60,62,64-68H2,1-2H3,(H,87,92)/b7-5-,13-11-,19-17-,25-23-,29-28-,32-31-,63-61+. The molecule has 3 rings (SSSR count). The number of unbranched alkanes of at least 4 members (excludes halogenated alkanes) is 39. The van der Waals surface area contributed by atoms with E-state index in [4.69, 9.17) is 28.4 Å². The average Bonchev–Trinajstić information content (AvgIpc) is 0.779. The molecule has 0 bridgehead atoms. The van der Waals surface area contributed by atoms with Crippen LogP contribution in [-0.4, -0.2) is 193 Å². The van der Waals surface area contributed by atoms with Crippen molar-refractivity contribution in [1.82, 2.24) is 5.32 Å². The molecule has 0 aromatic rings. The Kier molecular flexibility index (Phi) is 60.1. The van der Waals surface area contributed by atoms with Crippen LogP contribution in [0.1, 0.15) is 322 Å². The van der Waals surface area contributed by atoms with Crippen molar-refractivity contribution in [3.8, 4) is 0 Å². The molecule has 0 spiro atoms. The van der Waals surface area contributed by atoms with Gasteiger partial charge in [-0.3, -0.25) is 4.79 Å². The number of rotatable bonds is 67. The largest absolute Gasteiger partial charge is 0.394 e. The van der Waals surface area contributed by atoms with Crippen LogP contribution in [0, 0.1) is 0 Å². The third kappa shape index (κ3) is 45.2. The van der Waals surface area contributed by atoms with Crippen molar-refractivity contribution in [2.45, 2.75) is 426 Å². The third-order valence-corrected chi connectivity index (χ3v) is 20.7. The molecule has 3 fully saturated rings. The molecule has 3 saturated heterocycles. The van der Waals surface area contributed by atoms with Gasteiger partial charge in [-0.2, -0.15) is 0 Å². The van der Waals surface area contributed by atoms with Crippen LogP contribution in [0.25, 0.3) is 0 Å². The molecule has 17 unspecified atom stereocenters. The highest BCUT2D eigenvalue weighted by Gasteiger charge is 2.54. The maximum absolute atomic E-state index is 13.5. The average molecular weight is 1490 g/mol. The molecule has 0 aromatic carbocycles. The number of hydrogen-bond acceptors (Lipinski definition) is 18. The highest BCUT2D eigenvalue weighted by atomic mass is 16.8. The van der Waals surface area contributed by atoms with E-state index in [1.165, 1.54) is 212 Å². The molecule has 0 aromatic heterocycles. The number of amides is 1. The van der Waals surface area contributed by atoms with Crippen molar-refractivity contribution in [2.75, 3.05) is 26.4 Å². The molecule has 19 heteroatoms. The molecule has 610 valence electrons. The molecule has 0 saturated carbocycles. The molecular weight excluding hydrogens is 1330 g/mol. The lowest BCUT2D eigenvalue weighted by Gasteiger charge is -2.48. The Labute approximate surface area is 635 Å². The second-order valence-electron chi connectivity index (χ2n) is 29.9. The number of allylic oxidation sites excluding steroid dienone is 13. The van der Waals surface area contributed by atoms with E-state index in [2.05, 4.69) is 92.1 Å². The van der Waals surface area contributed by atoms with Gasteiger partial charge >= 0.3 is 0 Å². The van der Waals surface area contributed by atoms with E-state index in [0.29, 0.717) is 6.42 Å². The zero-order valence-corrected chi connectivity index (χ0v) is 65.4. The lowest BCUT2D eigenvalue weighted by Crippen LogP contribution is -2.66. The predicted octanol–water partition coefficient (Wildman–Crippen LogP) is 15.0. The minimum atomic E-state index is -1.98. The van der Waals surface area contributed by atoms with Crippen molar-refractivity contribution in [1.29, 1.82) is 0 Å². The first-order valence-corrected chi connectivity index (χ1v) is 42.3. The first kappa shape index (κ1) is 96.2. The zero-order chi connectivity index (χ0) is 76.0. The summed E-state index contributed by atoms with van der Waals surface area (Å²) in [7, 11) is 0. The zero-order valence-electron chi connectivity index (χ0n) is 65.4. The summed E-state index contributed by atoms with van der Waals surface area (Å²) >= 11 is 0. The van der Waals surface area contributed by atoms with Crippen LogP contribution in [0.4, 0.5) is 0 Å². The summed E-state index contributed by atoms with van der Waals surface area (Å²) in [5.74, 6) is -0.272. The smallest absolute Gasteiger partial charge is 0.220 e. The summed E-state index contributed by atoms with van der Waals surface area (Å²) in [6.07, 6.45) is 61.4. The van der Waals surface area contributed by atoms with Gasteiger partial charge in [0.05, 0.1) is 38.6 Å². The minimum Gasteiger partial charge on any atom is -0.394 e. The summed E-state index contributed by atoms with van der Waals surface area (Å²) in [6.45, 7) is 1.66. The maximum atomic E-state index is 13.5. The monoisotopic (exact) mass is 1490 g/mol. The lowest BCUT2D eigenvalue weighted by atomic mass is 9.96. The first-order chi connectivity index (χ1) is 51.3. The van der Waals surface area contributed by atoms with Gasteiger partial charge in [0.15, 0.2) is 18.9 Å². The molecule has 12 N–H and O–H groups in total. The fourth-order valence-electron chi connectivity index (χ4n) is 14.0. The van der Waals surface area contributed by atoms with Gasteiger partial charge in [-0.05, 0) is 70.6 Å². The Morgan fingerprint density at radius 1 is 0.352 bits per heavy atom. The van der Waals surface area contributed by atoms with Crippen molar-refractivity contribution in [3.63, 3.8) is 0 Å². The third-order valence-electron chi connectivity index (χ3n) is 20.7. The van der Waals surface area contributed by atoms with E-state index in [-0.39, 0.29) is 18.9 Å². The van der Waals surface area contributed by atoms with Crippen LogP contribution >= 0.6 is 0 Å². The van der Waals surface area contributed by atoms with Gasteiger partial charge in [0.1, 0.15) is 73.2 Å².